The zero-order chi connectivity index (χ0) is 17.6. The van der Waals surface area contributed by atoms with E-state index in [1.165, 1.54) is 16.6 Å². The quantitative estimate of drug-likeness (QED) is 0.510. The third-order valence-corrected chi connectivity index (χ3v) is 6.19. The number of pyridine rings is 1. The summed E-state index contributed by atoms with van der Waals surface area (Å²) < 4.78 is 11.9. The molecule has 6 heteroatoms. The van der Waals surface area contributed by atoms with Gasteiger partial charge in [-0.05, 0) is 35.9 Å². The van der Waals surface area contributed by atoms with E-state index in [2.05, 4.69) is 42.8 Å². The minimum atomic E-state index is 0.158. The van der Waals surface area contributed by atoms with Gasteiger partial charge in [0.25, 0.3) is 0 Å². The summed E-state index contributed by atoms with van der Waals surface area (Å²) in [5.41, 5.74) is 2.47. The highest BCUT2D eigenvalue weighted by Crippen LogP contribution is 2.39. The van der Waals surface area contributed by atoms with Gasteiger partial charge in [-0.1, -0.05) is 31.5 Å². The highest BCUT2D eigenvalue weighted by molar-refractivity contribution is 7.59. The monoisotopic (exact) mass is 366 g/mol. The Morgan fingerprint density at radius 1 is 1.33 bits per heavy atom. The van der Waals surface area contributed by atoms with Crippen molar-refractivity contribution in [2.45, 2.75) is 38.8 Å². The maximum Gasteiger partial charge on any atom is 0.194 e. The van der Waals surface area contributed by atoms with Crippen molar-refractivity contribution in [3.63, 3.8) is 0 Å². The molecule has 1 aromatic carbocycles. The van der Waals surface area contributed by atoms with Crippen LogP contribution >= 0.6 is 11.6 Å². The van der Waals surface area contributed by atoms with Crippen molar-refractivity contribution < 1.29 is 8.10 Å². The Balaban J connectivity index is 2.03. The van der Waals surface area contributed by atoms with Crippen LogP contribution in [0.15, 0.2) is 24.4 Å². The number of benzene rings is 1. The lowest BCUT2D eigenvalue weighted by molar-refractivity contribution is -0.788. The Morgan fingerprint density at radius 2 is 2.04 bits per heavy atom. The molecule has 0 bridgehead atoms. The average Bonchev–Trinajstić information content (AvgIpc) is 2.52. The van der Waals surface area contributed by atoms with Crippen molar-refractivity contribution >= 4 is 39.9 Å². The van der Waals surface area contributed by atoms with Crippen molar-refractivity contribution in [3.05, 3.63) is 35.1 Å². The van der Waals surface area contributed by atoms with Crippen LogP contribution in [0.4, 0.5) is 5.69 Å². The van der Waals surface area contributed by atoms with Crippen LogP contribution in [-0.4, -0.2) is 45.8 Å². The van der Waals surface area contributed by atoms with Gasteiger partial charge in [-0.15, -0.1) is 0 Å². The predicted molar refractivity (Wildman–Crippen MR) is 103 cm³/mol. The Labute approximate surface area is 152 Å². The molecule has 1 aromatic heterocycles. The fourth-order valence-electron chi connectivity index (χ4n) is 3.67. The Hall–Kier alpha value is -1.17. The van der Waals surface area contributed by atoms with Gasteiger partial charge in [-0.3, -0.25) is 0 Å². The molecule has 0 N–H and O–H groups in total. The highest BCUT2D eigenvalue weighted by atomic mass is 35.5. The summed E-state index contributed by atoms with van der Waals surface area (Å²) in [6.45, 7) is 7.48. The van der Waals surface area contributed by atoms with Crippen LogP contribution in [-0.2, 0) is 11.9 Å². The Bertz CT molecular complexity index is 793. The Morgan fingerprint density at radius 3 is 2.62 bits per heavy atom. The second kappa shape index (κ2) is 6.28. The first-order valence-electron chi connectivity index (χ1n) is 8.29. The van der Waals surface area contributed by atoms with E-state index in [-0.39, 0.29) is 11.9 Å². The van der Waals surface area contributed by atoms with Crippen molar-refractivity contribution in [2.75, 3.05) is 25.5 Å². The predicted octanol–water partition coefficient (Wildman–Crippen LogP) is 3.53. The first-order chi connectivity index (χ1) is 11.3. The number of hydrogen-bond acceptors (Lipinski definition) is 3. The molecule has 1 aliphatic rings. The number of anilines is 1. The van der Waals surface area contributed by atoms with Gasteiger partial charge in [0, 0.05) is 17.3 Å². The van der Waals surface area contributed by atoms with E-state index >= 15 is 0 Å². The highest BCUT2D eigenvalue weighted by Gasteiger charge is 2.46. The molecule has 0 amide bonds. The minimum Gasteiger partial charge on any atom is -0.356 e. The molecule has 0 unspecified atom stereocenters. The van der Waals surface area contributed by atoms with Gasteiger partial charge in [0.1, 0.15) is 11.2 Å². The molecule has 0 radical (unpaired) electrons. The normalized spacial score (nSPS) is 21.4. The van der Waals surface area contributed by atoms with Crippen LogP contribution in [0.25, 0.3) is 10.8 Å². The maximum atomic E-state index is 11.4. The largest absolute Gasteiger partial charge is 0.356 e. The van der Waals surface area contributed by atoms with Crippen LogP contribution in [0.3, 0.4) is 0 Å². The lowest BCUT2D eigenvalue weighted by Crippen LogP contribution is -2.69. The van der Waals surface area contributed by atoms with Crippen LogP contribution in [0.5, 0.6) is 0 Å². The lowest BCUT2D eigenvalue weighted by Gasteiger charge is -2.51. The molecule has 1 aliphatic heterocycles. The van der Waals surface area contributed by atoms with Gasteiger partial charge < -0.3 is 4.90 Å². The van der Waals surface area contributed by atoms with E-state index in [1.807, 2.05) is 26.4 Å². The van der Waals surface area contributed by atoms with Crippen LogP contribution in [0, 0.1) is 0 Å². The van der Waals surface area contributed by atoms with Crippen molar-refractivity contribution in [3.8, 4) is 0 Å². The summed E-state index contributed by atoms with van der Waals surface area (Å²) in [6.07, 6.45) is 1.88. The summed E-state index contributed by atoms with van der Waals surface area (Å²) >= 11 is 6.30. The molecule has 130 valence electrons. The molecule has 0 spiro atoms. The Kier molecular flexibility index (Phi) is 4.62. The van der Waals surface area contributed by atoms with Crippen molar-refractivity contribution in [2.24, 2.45) is 0 Å². The number of thiol groups is 1. The number of likely N-dealkylation sites (N-methyl/N-ethyl adjacent to an activating group) is 1. The van der Waals surface area contributed by atoms with Crippen molar-refractivity contribution in [1.29, 1.82) is 0 Å². The van der Waals surface area contributed by atoms with Crippen LogP contribution < -0.4 is 4.90 Å². The third-order valence-electron chi connectivity index (χ3n) is 5.26. The van der Waals surface area contributed by atoms with E-state index in [9.17, 15) is 4.21 Å². The number of hydrogen-bond donors (Lipinski definition) is 1. The van der Waals surface area contributed by atoms with E-state index in [1.54, 1.807) is 0 Å². The summed E-state index contributed by atoms with van der Waals surface area (Å²) in [5, 5.41) is 2.84. The second-order valence-electron chi connectivity index (χ2n) is 7.40. The molecule has 2 aromatic rings. The number of nitrogens with zero attached hydrogens (tertiary/aromatic N) is 3. The summed E-state index contributed by atoms with van der Waals surface area (Å²) in [4.78, 5) is 6.67. The first kappa shape index (κ1) is 17.6. The molecule has 0 aliphatic carbocycles. The lowest BCUT2D eigenvalue weighted by atomic mass is 9.91. The fraction of sp³-hybridized carbons (Fsp3) is 0.500. The number of halogens is 1. The molecule has 3 rings (SSSR count). The number of fused-ring (bicyclic) bond motifs is 1. The maximum absolute atomic E-state index is 11.4. The molecule has 4 nitrogen and oxygen atoms in total. The topological polar surface area (TPSA) is 33.2 Å². The number of rotatable bonds is 4. The third kappa shape index (κ3) is 2.83. The van der Waals surface area contributed by atoms with Gasteiger partial charge in [0.2, 0.25) is 0 Å². The molecule has 24 heavy (non-hydrogen) atoms. The van der Waals surface area contributed by atoms with Gasteiger partial charge in [0.05, 0.1) is 26.7 Å². The van der Waals surface area contributed by atoms with Crippen molar-refractivity contribution in [1.82, 2.24) is 4.98 Å². The van der Waals surface area contributed by atoms with E-state index in [0.717, 1.165) is 11.9 Å². The molecule has 1 saturated heterocycles. The van der Waals surface area contributed by atoms with E-state index < -0.39 is 0 Å². The molecule has 2 atom stereocenters. The van der Waals surface area contributed by atoms with Crippen LogP contribution in [0.1, 0.15) is 32.3 Å². The SMILES string of the molecule is CC(C)c1ccc(N2C[C@H]([N+](C)(C)[SH]=O)[C@H]2C)c2cnc(Cl)cc12. The number of quaternary nitrogens is 1. The first-order valence-corrected chi connectivity index (χ1v) is 9.44. The summed E-state index contributed by atoms with van der Waals surface area (Å²) in [5.74, 6) is 0.427. The average molecular weight is 367 g/mol. The van der Waals surface area contributed by atoms with Gasteiger partial charge >= 0.3 is 0 Å². The van der Waals surface area contributed by atoms with Gasteiger partial charge in [-0.2, -0.15) is 0 Å². The number of aromatic nitrogens is 1. The van der Waals surface area contributed by atoms with Crippen LogP contribution in [0.2, 0.25) is 5.15 Å². The van der Waals surface area contributed by atoms with E-state index in [0.29, 0.717) is 27.0 Å². The zero-order valence-corrected chi connectivity index (χ0v) is 16.5. The van der Waals surface area contributed by atoms with E-state index in [4.69, 9.17) is 11.6 Å². The zero-order valence-electron chi connectivity index (χ0n) is 14.8. The fourth-order valence-corrected chi connectivity index (χ4v) is 4.22. The summed E-state index contributed by atoms with van der Waals surface area (Å²) in [6, 6.07) is 7.03. The van der Waals surface area contributed by atoms with Gasteiger partial charge in [0.15, 0.2) is 11.9 Å². The van der Waals surface area contributed by atoms with Gasteiger partial charge in [-0.25, -0.2) is 13.1 Å². The molecular weight excluding hydrogens is 342 g/mol. The summed E-state index contributed by atoms with van der Waals surface area (Å²) in [7, 11) is 4.02. The second-order valence-corrected chi connectivity index (χ2v) is 8.98. The standard InChI is InChI=1S/C18H25ClN3OS/c1-11(2)13-6-7-16(15-9-20-18(19)8-14(13)15)21-10-17(12(21)3)22(4,5)24-23/h6-9,11-12,17,24H,10H2,1-5H3/q+1/t12-,17+/m1/s1. The molecule has 2 heterocycles. The minimum absolute atomic E-state index is 0.158. The smallest absolute Gasteiger partial charge is 0.194 e. The molecule has 1 fully saturated rings. The molecule has 0 saturated carbocycles. The molecular formula is C18H25ClN3OS+.